The van der Waals surface area contributed by atoms with Crippen LogP contribution in [0.3, 0.4) is 0 Å². The van der Waals surface area contributed by atoms with Crippen molar-refractivity contribution in [3.05, 3.63) is 33.8 Å². The lowest BCUT2D eigenvalue weighted by Crippen LogP contribution is -2.41. The molecule has 0 radical (unpaired) electrons. The topological polar surface area (TPSA) is 66.8 Å². The summed E-state index contributed by atoms with van der Waals surface area (Å²) in [5.74, 6) is -0.675. The molecule has 2 rings (SSSR count). The second-order valence-corrected chi connectivity index (χ2v) is 5.49. The Balaban J connectivity index is 2.26. The fourth-order valence-corrected chi connectivity index (χ4v) is 2.22. The van der Waals surface area contributed by atoms with E-state index in [1.54, 1.807) is 6.08 Å². The molecule has 1 aromatic carbocycles. The number of halogens is 1. The van der Waals surface area contributed by atoms with E-state index in [-0.39, 0.29) is 12.5 Å². The lowest BCUT2D eigenvalue weighted by Gasteiger charge is -2.25. The molecule has 1 aliphatic rings. The monoisotopic (exact) mass is 339 g/mol. The van der Waals surface area contributed by atoms with E-state index in [4.69, 9.17) is 9.84 Å². The van der Waals surface area contributed by atoms with Gasteiger partial charge in [-0.2, -0.15) is 0 Å². The quantitative estimate of drug-likeness (QED) is 0.916. The van der Waals surface area contributed by atoms with Crippen molar-refractivity contribution in [3.63, 3.8) is 0 Å². The second kappa shape index (κ2) is 5.66. The number of carbonyl (C=O) groups is 2. The highest BCUT2D eigenvalue weighted by atomic mass is 79.9. The summed E-state index contributed by atoms with van der Waals surface area (Å²) in [6.45, 7) is 1.61. The first kappa shape index (κ1) is 14.6. The summed E-state index contributed by atoms with van der Waals surface area (Å²) >= 11 is 3.36. The van der Waals surface area contributed by atoms with Gasteiger partial charge in [-0.1, -0.05) is 15.9 Å². The molecule has 1 atom stereocenters. The number of fused-ring (bicyclic) bond motifs is 1. The second-order valence-electron chi connectivity index (χ2n) is 4.57. The molecule has 1 heterocycles. The standard InChI is InChI=1S/C14H14BrNO4/c1-8(14(18)19)16(2)13(17)10-5-9-6-11(15)3-4-12(9)20-7-10/h3-6,8H,7H2,1-2H3,(H,18,19). The van der Waals surface area contributed by atoms with E-state index >= 15 is 0 Å². The number of hydrogen-bond donors (Lipinski definition) is 1. The van der Waals surface area contributed by atoms with Crippen LogP contribution in [0.5, 0.6) is 5.75 Å². The van der Waals surface area contributed by atoms with E-state index in [0.717, 1.165) is 10.0 Å². The number of carboxylic acid groups (broad SMARTS) is 1. The van der Waals surface area contributed by atoms with Gasteiger partial charge in [0.05, 0.1) is 5.57 Å². The molecule has 1 N–H and O–H groups in total. The van der Waals surface area contributed by atoms with Crippen molar-refractivity contribution in [2.45, 2.75) is 13.0 Å². The normalized spacial score (nSPS) is 14.7. The molecule has 0 saturated carbocycles. The molecule has 0 aromatic heterocycles. The summed E-state index contributed by atoms with van der Waals surface area (Å²) in [7, 11) is 1.47. The van der Waals surface area contributed by atoms with E-state index < -0.39 is 12.0 Å². The minimum absolute atomic E-state index is 0.143. The Morgan fingerprint density at radius 1 is 1.45 bits per heavy atom. The van der Waals surface area contributed by atoms with Crippen LogP contribution in [-0.2, 0) is 9.59 Å². The van der Waals surface area contributed by atoms with E-state index in [2.05, 4.69) is 15.9 Å². The molecule has 0 saturated heterocycles. The number of hydrogen-bond acceptors (Lipinski definition) is 3. The molecule has 1 amide bonds. The molecular weight excluding hydrogens is 326 g/mol. The van der Waals surface area contributed by atoms with Gasteiger partial charge >= 0.3 is 5.97 Å². The van der Waals surface area contributed by atoms with Gasteiger partial charge in [0.25, 0.3) is 5.91 Å². The minimum Gasteiger partial charge on any atom is -0.488 e. The third-order valence-electron chi connectivity index (χ3n) is 3.22. The summed E-state index contributed by atoms with van der Waals surface area (Å²) in [6.07, 6.45) is 1.73. The number of nitrogens with zero attached hydrogens (tertiary/aromatic N) is 1. The summed E-state index contributed by atoms with van der Waals surface area (Å²) in [5, 5.41) is 8.94. The van der Waals surface area contributed by atoms with Crippen LogP contribution in [0.1, 0.15) is 12.5 Å². The lowest BCUT2D eigenvalue weighted by atomic mass is 10.1. The Labute approximate surface area is 125 Å². The molecule has 6 heteroatoms. The lowest BCUT2D eigenvalue weighted by molar-refractivity contribution is -0.147. The molecular formula is C14H14BrNO4. The summed E-state index contributed by atoms with van der Waals surface area (Å²) in [6, 6.07) is 4.65. The predicted molar refractivity (Wildman–Crippen MR) is 77.5 cm³/mol. The highest BCUT2D eigenvalue weighted by molar-refractivity contribution is 9.10. The van der Waals surface area contributed by atoms with Crippen LogP contribution in [-0.4, -0.2) is 41.6 Å². The fraction of sp³-hybridized carbons (Fsp3) is 0.286. The van der Waals surface area contributed by atoms with Crippen molar-refractivity contribution in [2.24, 2.45) is 0 Å². The Kier molecular flexibility index (Phi) is 4.13. The van der Waals surface area contributed by atoms with Gasteiger partial charge in [-0.05, 0) is 31.2 Å². The molecule has 0 spiro atoms. The van der Waals surface area contributed by atoms with Gasteiger partial charge in [-0.25, -0.2) is 4.79 Å². The van der Waals surface area contributed by atoms with Gasteiger partial charge in [0, 0.05) is 17.1 Å². The zero-order valence-electron chi connectivity index (χ0n) is 11.1. The third-order valence-corrected chi connectivity index (χ3v) is 3.71. The molecule has 106 valence electrons. The van der Waals surface area contributed by atoms with Crippen LogP contribution in [0, 0.1) is 0 Å². The Morgan fingerprint density at radius 2 is 2.15 bits per heavy atom. The van der Waals surface area contributed by atoms with Crippen molar-refractivity contribution in [2.75, 3.05) is 13.7 Å². The van der Waals surface area contributed by atoms with E-state index in [9.17, 15) is 9.59 Å². The highest BCUT2D eigenvalue weighted by Crippen LogP contribution is 2.29. The zero-order valence-corrected chi connectivity index (χ0v) is 12.7. The first-order valence-electron chi connectivity index (χ1n) is 6.03. The SMILES string of the molecule is CC(C(=O)O)N(C)C(=O)C1=Cc2cc(Br)ccc2OC1. The summed E-state index contributed by atoms with van der Waals surface area (Å²) in [5.41, 5.74) is 1.23. The molecule has 5 nitrogen and oxygen atoms in total. The molecule has 1 unspecified atom stereocenters. The molecule has 1 aliphatic heterocycles. The van der Waals surface area contributed by atoms with Crippen LogP contribution >= 0.6 is 15.9 Å². The van der Waals surface area contributed by atoms with Crippen molar-refractivity contribution < 1.29 is 19.4 Å². The molecule has 20 heavy (non-hydrogen) atoms. The van der Waals surface area contributed by atoms with Crippen molar-refractivity contribution in [1.82, 2.24) is 4.90 Å². The molecule has 0 bridgehead atoms. The van der Waals surface area contributed by atoms with E-state index in [1.165, 1.54) is 18.9 Å². The number of ether oxygens (including phenoxy) is 1. The summed E-state index contributed by atoms with van der Waals surface area (Å²) in [4.78, 5) is 24.4. The maximum absolute atomic E-state index is 12.2. The largest absolute Gasteiger partial charge is 0.488 e. The number of likely N-dealkylation sites (N-methyl/N-ethyl adjacent to an activating group) is 1. The van der Waals surface area contributed by atoms with Crippen molar-refractivity contribution >= 4 is 33.9 Å². The number of carbonyl (C=O) groups excluding carboxylic acids is 1. The van der Waals surface area contributed by atoms with Crippen LogP contribution in [0.25, 0.3) is 6.08 Å². The molecule has 0 fully saturated rings. The van der Waals surface area contributed by atoms with Crippen molar-refractivity contribution in [3.8, 4) is 5.75 Å². The number of amides is 1. The zero-order chi connectivity index (χ0) is 14.9. The van der Waals surface area contributed by atoms with Gasteiger partial charge in [0.15, 0.2) is 0 Å². The van der Waals surface area contributed by atoms with Gasteiger partial charge in [-0.3, -0.25) is 4.79 Å². The first-order chi connectivity index (χ1) is 9.40. The van der Waals surface area contributed by atoms with Gasteiger partial charge in [0.2, 0.25) is 0 Å². The van der Waals surface area contributed by atoms with Crippen LogP contribution in [0.4, 0.5) is 0 Å². The first-order valence-corrected chi connectivity index (χ1v) is 6.82. The molecule has 1 aromatic rings. The number of rotatable bonds is 3. The predicted octanol–water partition coefficient (Wildman–Crippen LogP) is 2.16. The number of benzene rings is 1. The Bertz CT molecular complexity index is 597. The van der Waals surface area contributed by atoms with Gasteiger partial charge < -0.3 is 14.7 Å². The number of aliphatic carboxylic acids is 1. The average molecular weight is 340 g/mol. The fourth-order valence-electron chi connectivity index (χ4n) is 1.84. The Hall–Kier alpha value is -1.82. The smallest absolute Gasteiger partial charge is 0.326 e. The maximum atomic E-state index is 12.2. The van der Waals surface area contributed by atoms with Crippen LogP contribution < -0.4 is 4.74 Å². The third kappa shape index (κ3) is 2.85. The number of carboxylic acids is 1. The van der Waals surface area contributed by atoms with Gasteiger partial charge in [0.1, 0.15) is 18.4 Å². The van der Waals surface area contributed by atoms with Crippen molar-refractivity contribution in [1.29, 1.82) is 0 Å². The Morgan fingerprint density at radius 3 is 2.80 bits per heavy atom. The average Bonchev–Trinajstić information content (AvgIpc) is 2.43. The summed E-state index contributed by atoms with van der Waals surface area (Å²) < 4.78 is 6.40. The van der Waals surface area contributed by atoms with E-state index in [1.807, 2.05) is 18.2 Å². The van der Waals surface area contributed by atoms with Gasteiger partial charge in [-0.15, -0.1) is 0 Å². The van der Waals surface area contributed by atoms with Crippen LogP contribution in [0.15, 0.2) is 28.2 Å². The molecule has 0 aliphatic carbocycles. The minimum atomic E-state index is -1.04. The van der Waals surface area contributed by atoms with Crippen LogP contribution in [0.2, 0.25) is 0 Å². The maximum Gasteiger partial charge on any atom is 0.326 e. The van der Waals surface area contributed by atoms with E-state index in [0.29, 0.717) is 11.3 Å². The highest BCUT2D eigenvalue weighted by Gasteiger charge is 2.26.